The van der Waals surface area contributed by atoms with Gasteiger partial charge in [0.25, 0.3) is 0 Å². The average Bonchev–Trinajstić information content (AvgIpc) is 2.18. The molecule has 4 heteroatoms. The fraction of sp³-hybridized carbons (Fsp3) is 0.273. The predicted octanol–water partition coefficient (Wildman–Crippen LogP) is 2.04. The van der Waals surface area contributed by atoms with Gasteiger partial charge in [0, 0.05) is 4.90 Å². The Morgan fingerprint density at radius 1 is 1.60 bits per heavy atom. The number of carboxylic acid groups (broad SMARTS) is 1. The number of aliphatic carboxylic acids is 1. The number of carboxylic acids is 1. The normalized spacial score (nSPS) is 9.67. The first-order valence-corrected chi connectivity index (χ1v) is 5.00. The maximum atomic E-state index is 10.6. The molecule has 1 rings (SSSR count). The first-order valence-electron chi connectivity index (χ1n) is 4.55. The number of nitriles is 1. The largest absolute Gasteiger partial charge is 0.481 e. The third kappa shape index (κ3) is 2.51. The third-order valence-electron chi connectivity index (χ3n) is 2.20. The summed E-state index contributed by atoms with van der Waals surface area (Å²) in [5.41, 5.74) is 2.07. The van der Waals surface area contributed by atoms with E-state index in [0.29, 0.717) is 16.9 Å². The van der Waals surface area contributed by atoms with Crippen molar-refractivity contribution in [3.63, 3.8) is 0 Å². The minimum absolute atomic E-state index is 0.0254. The lowest BCUT2D eigenvalue weighted by atomic mass is 9.99. The molecule has 0 aliphatic heterocycles. The summed E-state index contributed by atoms with van der Waals surface area (Å²) >= 11 is 4.25. The quantitative estimate of drug-likeness (QED) is 0.768. The molecule has 3 nitrogen and oxygen atoms in total. The summed E-state index contributed by atoms with van der Waals surface area (Å²) in [6, 6.07) is 5.32. The van der Waals surface area contributed by atoms with Crippen LogP contribution in [-0.2, 0) is 17.6 Å². The Hall–Kier alpha value is -1.47. The van der Waals surface area contributed by atoms with Crippen LogP contribution in [0, 0.1) is 11.3 Å². The fourth-order valence-corrected chi connectivity index (χ4v) is 1.92. The van der Waals surface area contributed by atoms with E-state index < -0.39 is 5.97 Å². The summed E-state index contributed by atoms with van der Waals surface area (Å²) in [7, 11) is 0. The van der Waals surface area contributed by atoms with Crippen molar-refractivity contribution in [1.82, 2.24) is 0 Å². The van der Waals surface area contributed by atoms with E-state index in [0.717, 1.165) is 11.1 Å². The van der Waals surface area contributed by atoms with Gasteiger partial charge in [-0.05, 0) is 23.6 Å². The summed E-state index contributed by atoms with van der Waals surface area (Å²) in [4.78, 5) is 11.2. The third-order valence-corrected chi connectivity index (χ3v) is 2.71. The number of carbonyl (C=O) groups is 1. The number of thiol groups is 1. The van der Waals surface area contributed by atoms with Crippen LogP contribution in [0.4, 0.5) is 0 Å². The highest BCUT2D eigenvalue weighted by atomic mass is 32.1. The van der Waals surface area contributed by atoms with Crippen molar-refractivity contribution in [1.29, 1.82) is 5.26 Å². The predicted molar refractivity (Wildman–Crippen MR) is 59.1 cm³/mol. The molecule has 0 atom stereocenters. The van der Waals surface area contributed by atoms with Crippen LogP contribution in [-0.4, -0.2) is 11.1 Å². The molecule has 1 N–H and O–H groups in total. The molecule has 0 unspecified atom stereocenters. The molecule has 78 valence electrons. The highest BCUT2D eigenvalue weighted by Crippen LogP contribution is 2.23. The second kappa shape index (κ2) is 4.85. The summed E-state index contributed by atoms with van der Waals surface area (Å²) in [5.74, 6) is -0.873. The van der Waals surface area contributed by atoms with E-state index in [4.69, 9.17) is 10.4 Å². The van der Waals surface area contributed by atoms with Gasteiger partial charge in [-0.2, -0.15) is 5.26 Å². The van der Waals surface area contributed by atoms with Crippen molar-refractivity contribution in [2.75, 3.05) is 0 Å². The van der Waals surface area contributed by atoms with Gasteiger partial charge in [0.2, 0.25) is 0 Å². The lowest BCUT2D eigenvalue weighted by Gasteiger charge is -2.09. The lowest BCUT2D eigenvalue weighted by molar-refractivity contribution is -0.136. The Morgan fingerprint density at radius 2 is 2.27 bits per heavy atom. The van der Waals surface area contributed by atoms with Crippen LogP contribution in [0.5, 0.6) is 0 Å². The van der Waals surface area contributed by atoms with Crippen LogP contribution >= 0.6 is 12.6 Å². The summed E-state index contributed by atoms with van der Waals surface area (Å²) in [6.07, 6.45) is 0.652. The smallest absolute Gasteiger partial charge is 0.307 e. The number of rotatable bonds is 3. The summed E-state index contributed by atoms with van der Waals surface area (Å²) in [5, 5.41) is 17.5. The van der Waals surface area contributed by atoms with Crippen LogP contribution in [0.25, 0.3) is 0 Å². The van der Waals surface area contributed by atoms with Crippen LogP contribution in [0.15, 0.2) is 17.0 Å². The van der Waals surface area contributed by atoms with Crippen molar-refractivity contribution >= 4 is 18.6 Å². The Morgan fingerprint density at radius 3 is 2.73 bits per heavy atom. The second-order valence-corrected chi connectivity index (χ2v) is 3.58. The molecule has 0 bridgehead atoms. The molecule has 0 fully saturated rings. The van der Waals surface area contributed by atoms with Gasteiger partial charge in [-0.25, -0.2) is 0 Å². The Bertz CT molecular complexity index is 435. The zero-order valence-electron chi connectivity index (χ0n) is 8.32. The van der Waals surface area contributed by atoms with Gasteiger partial charge in [0.1, 0.15) is 6.07 Å². The van der Waals surface area contributed by atoms with Gasteiger partial charge in [0.05, 0.1) is 12.0 Å². The van der Waals surface area contributed by atoms with Gasteiger partial charge in [-0.1, -0.05) is 13.0 Å². The van der Waals surface area contributed by atoms with E-state index in [1.165, 1.54) is 0 Å². The minimum Gasteiger partial charge on any atom is -0.481 e. The van der Waals surface area contributed by atoms with Crippen LogP contribution in [0.1, 0.15) is 23.6 Å². The van der Waals surface area contributed by atoms with Crippen LogP contribution in [0.3, 0.4) is 0 Å². The van der Waals surface area contributed by atoms with Crippen molar-refractivity contribution in [3.8, 4) is 6.07 Å². The van der Waals surface area contributed by atoms with E-state index in [1.54, 1.807) is 12.1 Å². The van der Waals surface area contributed by atoms with Gasteiger partial charge >= 0.3 is 5.97 Å². The molecular formula is C11H11NO2S. The van der Waals surface area contributed by atoms with Gasteiger partial charge in [-0.3, -0.25) is 4.79 Å². The van der Waals surface area contributed by atoms with E-state index in [9.17, 15) is 4.79 Å². The molecule has 0 aliphatic rings. The standard InChI is InChI=1S/C11H11NO2S/c1-2-9-7(5-10(13)14)3-4-8(6-12)11(9)15/h3-4,15H,2,5H2,1H3,(H,13,14). The average molecular weight is 221 g/mol. The Labute approximate surface area is 93.8 Å². The van der Waals surface area contributed by atoms with E-state index in [1.807, 2.05) is 13.0 Å². The van der Waals surface area contributed by atoms with E-state index in [2.05, 4.69) is 12.6 Å². The van der Waals surface area contributed by atoms with Gasteiger partial charge in [0.15, 0.2) is 0 Å². The molecule has 0 amide bonds. The zero-order chi connectivity index (χ0) is 11.4. The lowest BCUT2D eigenvalue weighted by Crippen LogP contribution is -2.04. The Balaban J connectivity index is 3.25. The molecule has 0 aromatic heterocycles. The molecule has 0 aliphatic carbocycles. The summed E-state index contributed by atoms with van der Waals surface area (Å²) in [6.45, 7) is 1.92. The minimum atomic E-state index is -0.873. The fourth-order valence-electron chi connectivity index (χ4n) is 1.49. The van der Waals surface area contributed by atoms with Gasteiger partial charge in [-0.15, -0.1) is 12.6 Å². The van der Waals surface area contributed by atoms with Crippen molar-refractivity contribution < 1.29 is 9.90 Å². The van der Waals surface area contributed by atoms with E-state index in [-0.39, 0.29) is 6.42 Å². The molecule has 0 radical (unpaired) electrons. The van der Waals surface area contributed by atoms with Crippen molar-refractivity contribution in [2.24, 2.45) is 0 Å². The first kappa shape index (κ1) is 11.6. The van der Waals surface area contributed by atoms with Crippen molar-refractivity contribution in [3.05, 3.63) is 28.8 Å². The molecule has 0 saturated heterocycles. The highest BCUT2D eigenvalue weighted by Gasteiger charge is 2.11. The van der Waals surface area contributed by atoms with Crippen molar-refractivity contribution in [2.45, 2.75) is 24.7 Å². The number of nitrogens with zero attached hydrogens (tertiary/aromatic N) is 1. The van der Waals surface area contributed by atoms with E-state index >= 15 is 0 Å². The number of hydrogen-bond acceptors (Lipinski definition) is 3. The Kier molecular flexibility index (Phi) is 3.75. The topological polar surface area (TPSA) is 61.1 Å². The molecule has 1 aromatic rings. The number of benzene rings is 1. The molecule has 0 saturated carbocycles. The second-order valence-electron chi connectivity index (χ2n) is 3.14. The SMILES string of the molecule is CCc1c(CC(=O)O)ccc(C#N)c1S. The van der Waals surface area contributed by atoms with Crippen LogP contribution in [0.2, 0.25) is 0 Å². The maximum absolute atomic E-state index is 10.6. The zero-order valence-corrected chi connectivity index (χ0v) is 9.21. The molecule has 0 spiro atoms. The monoisotopic (exact) mass is 221 g/mol. The van der Waals surface area contributed by atoms with Crippen LogP contribution < -0.4 is 0 Å². The maximum Gasteiger partial charge on any atom is 0.307 e. The molecule has 15 heavy (non-hydrogen) atoms. The molecule has 1 aromatic carbocycles. The van der Waals surface area contributed by atoms with Gasteiger partial charge < -0.3 is 5.11 Å². The summed E-state index contributed by atoms with van der Waals surface area (Å²) < 4.78 is 0. The molecule has 0 heterocycles. The number of hydrogen-bond donors (Lipinski definition) is 2. The first-order chi connectivity index (χ1) is 7.10. The molecular weight excluding hydrogens is 210 g/mol. The highest BCUT2D eigenvalue weighted by molar-refractivity contribution is 7.80.